The average Bonchev–Trinajstić information content (AvgIpc) is 3.24. The number of amides is 1. The fourth-order valence-electron chi connectivity index (χ4n) is 4.41. The van der Waals surface area contributed by atoms with Gasteiger partial charge < -0.3 is 10.0 Å². The summed E-state index contributed by atoms with van der Waals surface area (Å²) in [5.41, 5.74) is -0.678. The predicted octanol–water partition coefficient (Wildman–Crippen LogP) is 1.89. The number of aliphatic hydroxyl groups is 1. The standard InChI is InChI=1S/C21H27ClN4O3/c1-15(24-8-2-3-9-24)19(27)25-10-6-21(29,7-11-25)13-26-14-23-18-12-16(22)4-5-17(18)20(26)28/h4-5,12,14-15,29H,2-3,6-11,13H2,1H3/t15-/m1/s1. The summed E-state index contributed by atoms with van der Waals surface area (Å²) in [6.07, 6.45) is 4.65. The number of rotatable bonds is 4. The van der Waals surface area contributed by atoms with E-state index in [0.29, 0.717) is 41.9 Å². The predicted molar refractivity (Wildman–Crippen MR) is 112 cm³/mol. The molecule has 0 bridgehead atoms. The van der Waals surface area contributed by atoms with Crippen LogP contribution in [0.3, 0.4) is 0 Å². The van der Waals surface area contributed by atoms with Crippen LogP contribution in [0.2, 0.25) is 5.02 Å². The van der Waals surface area contributed by atoms with Crippen LogP contribution >= 0.6 is 11.6 Å². The number of aromatic nitrogens is 2. The number of carbonyl (C=O) groups excluding carboxylic acids is 1. The summed E-state index contributed by atoms with van der Waals surface area (Å²) < 4.78 is 1.46. The lowest BCUT2D eigenvalue weighted by Gasteiger charge is -2.40. The van der Waals surface area contributed by atoms with Crippen LogP contribution in [-0.4, -0.2) is 68.2 Å². The Hall–Kier alpha value is -1.96. The Labute approximate surface area is 174 Å². The van der Waals surface area contributed by atoms with Gasteiger partial charge in [-0.05, 0) is 63.9 Å². The molecule has 1 aromatic heterocycles. The molecule has 0 aliphatic carbocycles. The van der Waals surface area contributed by atoms with Gasteiger partial charge in [-0.25, -0.2) is 4.98 Å². The smallest absolute Gasteiger partial charge is 0.261 e. The highest BCUT2D eigenvalue weighted by molar-refractivity contribution is 6.31. The van der Waals surface area contributed by atoms with E-state index in [4.69, 9.17) is 11.6 Å². The molecule has 8 heteroatoms. The fraction of sp³-hybridized carbons (Fsp3) is 0.571. The topological polar surface area (TPSA) is 78.7 Å². The first-order chi connectivity index (χ1) is 13.9. The molecule has 2 aliphatic rings. The third-order valence-electron chi connectivity index (χ3n) is 6.30. The molecule has 0 radical (unpaired) electrons. The summed E-state index contributed by atoms with van der Waals surface area (Å²) in [6.45, 7) is 5.10. The largest absolute Gasteiger partial charge is 0.388 e. The van der Waals surface area contributed by atoms with Gasteiger partial charge in [-0.15, -0.1) is 0 Å². The molecule has 29 heavy (non-hydrogen) atoms. The van der Waals surface area contributed by atoms with Crippen LogP contribution < -0.4 is 5.56 Å². The van der Waals surface area contributed by atoms with Crippen molar-refractivity contribution in [2.75, 3.05) is 26.2 Å². The summed E-state index contributed by atoms with van der Waals surface area (Å²) in [5, 5.41) is 12.1. The van der Waals surface area contributed by atoms with Gasteiger partial charge in [-0.2, -0.15) is 0 Å². The minimum atomic E-state index is -1.03. The van der Waals surface area contributed by atoms with Gasteiger partial charge in [0.25, 0.3) is 5.56 Å². The van der Waals surface area contributed by atoms with Crippen molar-refractivity contribution in [3.05, 3.63) is 39.9 Å². The monoisotopic (exact) mass is 418 g/mol. The molecule has 2 aliphatic heterocycles. The molecule has 0 spiro atoms. The van der Waals surface area contributed by atoms with E-state index in [1.807, 2.05) is 11.8 Å². The Morgan fingerprint density at radius 2 is 1.93 bits per heavy atom. The van der Waals surface area contributed by atoms with Gasteiger partial charge in [0.2, 0.25) is 5.91 Å². The van der Waals surface area contributed by atoms with E-state index < -0.39 is 5.60 Å². The second kappa shape index (κ2) is 8.05. The maximum Gasteiger partial charge on any atom is 0.261 e. The molecule has 2 aromatic rings. The number of fused-ring (bicyclic) bond motifs is 1. The molecular formula is C21H27ClN4O3. The van der Waals surface area contributed by atoms with E-state index in [1.54, 1.807) is 18.2 Å². The minimum absolute atomic E-state index is 0.108. The maximum absolute atomic E-state index is 12.8. The zero-order valence-electron chi connectivity index (χ0n) is 16.7. The summed E-state index contributed by atoms with van der Waals surface area (Å²) in [7, 11) is 0. The Bertz CT molecular complexity index is 962. The van der Waals surface area contributed by atoms with Crippen molar-refractivity contribution < 1.29 is 9.90 Å². The summed E-state index contributed by atoms with van der Waals surface area (Å²) in [6, 6.07) is 4.87. The van der Waals surface area contributed by atoms with Crippen molar-refractivity contribution in [1.29, 1.82) is 0 Å². The van der Waals surface area contributed by atoms with Crippen molar-refractivity contribution in [2.45, 2.75) is 50.8 Å². The lowest BCUT2D eigenvalue weighted by Crippen LogP contribution is -2.53. The Morgan fingerprint density at radius 3 is 2.62 bits per heavy atom. The van der Waals surface area contributed by atoms with E-state index in [9.17, 15) is 14.7 Å². The quantitative estimate of drug-likeness (QED) is 0.820. The Kier molecular flexibility index (Phi) is 5.64. The molecule has 7 nitrogen and oxygen atoms in total. The molecule has 1 aromatic carbocycles. The minimum Gasteiger partial charge on any atom is -0.388 e. The van der Waals surface area contributed by atoms with Gasteiger partial charge in [0.1, 0.15) is 0 Å². The zero-order valence-corrected chi connectivity index (χ0v) is 17.4. The number of nitrogens with zero attached hydrogens (tertiary/aromatic N) is 4. The molecular weight excluding hydrogens is 392 g/mol. The van der Waals surface area contributed by atoms with E-state index in [0.717, 1.165) is 25.9 Å². The summed E-state index contributed by atoms with van der Waals surface area (Å²) in [5.74, 6) is 0.135. The van der Waals surface area contributed by atoms with Crippen molar-refractivity contribution in [3.8, 4) is 0 Å². The van der Waals surface area contributed by atoms with Gasteiger partial charge in [0.15, 0.2) is 0 Å². The number of benzene rings is 1. The van der Waals surface area contributed by atoms with Gasteiger partial charge in [-0.3, -0.25) is 19.1 Å². The second-order valence-corrected chi connectivity index (χ2v) is 8.74. The highest BCUT2D eigenvalue weighted by atomic mass is 35.5. The molecule has 1 amide bonds. The van der Waals surface area contributed by atoms with Gasteiger partial charge in [-0.1, -0.05) is 11.6 Å². The molecule has 2 saturated heterocycles. The highest BCUT2D eigenvalue weighted by Gasteiger charge is 2.37. The molecule has 1 N–H and O–H groups in total. The van der Waals surface area contributed by atoms with Crippen molar-refractivity contribution in [3.63, 3.8) is 0 Å². The third kappa shape index (κ3) is 4.17. The lowest BCUT2D eigenvalue weighted by atomic mass is 9.91. The van der Waals surface area contributed by atoms with Crippen LogP contribution in [-0.2, 0) is 11.3 Å². The zero-order chi connectivity index (χ0) is 20.6. The normalized spacial score (nSPS) is 20.9. The molecule has 0 unspecified atom stereocenters. The number of hydrogen-bond acceptors (Lipinski definition) is 5. The number of hydrogen-bond donors (Lipinski definition) is 1. The molecule has 156 valence electrons. The van der Waals surface area contributed by atoms with Gasteiger partial charge in [0, 0.05) is 18.1 Å². The third-order valence-corrected chi connectivity index (χ3v) is 6.54. The maximum atomic E-state index is 12.8. The molecule has 1 atom stereocenters. The van der Waals surface area contributed by atoms with E-state index in [1.165, 1.54) is 10.9 Å². The number of halogens is 1. The van der Waals surface area contributed by atoms with Crippen LogP contribution in [0.1, 0.15) is 32.6 Å². The number of piperidine rings is 1. The average molecular weight is 419 g/mol. The first-order valence-electron chi connectivity index (χ1n) is 10.3. The second-order valence-electron chi connectivity index (χ2n) is 8.31. The van der Waals surface area contributed by atoms with Crippen molar-refractivity contribution in [2.24, 2.45) is 0 Å². The first-order valence-corrected chi connectivity index (χ1v) is 10.6. The Balaban J connectivity index is 1.43. The van der Waals surface area contributed by atoms with Crippen LogP contribution in [0, 0.1) is 0 Å². The SMILES string of the molecule is C[C@H](C(=O)N1CCC(O)(Cn2cnc3cc(Cl)ccc3c2=O)CC1)N1CCCC1. The number of carbonyl (C=O) groups is 1. The molecule has 0 saturated carbocycles. The van der Waals surface area contributed by atoms with Crippen molar-refractivity contribution >= 4 is 28.4 Å². The van der Waals surface area contributed by atoms with Crippen LogP contribution in [0.25, 0.3) is 10.9 Å². The number of likely N-dealkylation sites (tertiary alicyclic amines) is 2. The summed E-state index contributed by atoms with van der Waals surface area (Å²) in [4.78, 5) is 34.0. The van der Waals surface area contributed by atoms with Crippen LogP contribution in [0.5, 0.6) is 0 Å². The van der Waals surface area contributed by atoms with E-state index in [2.05, 4.69) is 9.88 Å². The van der Waals surface area contributed by atoms with E-state index in [-0.39, 0.29) is 24.1 Å². The lowest BCUT2D eigenvalue weighted by molar-refractivity contribution is -0.140. The van der Waals surface area contributed by atoms with Gasteiger partial charge in [0.05, 0.1) is 35.4 Å². The van der Waals surface area contributed by atoms with Crippen molar-refractivity contribution in [1.82, 2.24) is 19.4 Å². The van der Waals surface area contributed by atoms with Crippen LogP contribution in [0.15, 0.2) is 29.3 Å². The molecule has 4 rings (SSSR count). The molecule has 3 heterocycles. The van der Waals surface area contributed by atoms with E-state index >= 15 is 0 Å². The summed E-state index contributed by atoms with van der Waals surface area (Å²) >= 11 is 5.97. The highest BCUT2D eigenvalue weighted by Crippen LogP contribution is 2.25. The van der Waals surface area contributed by atoms with Gasteiger partial charge >= 0.3 is 0 Å². The van der Waals surface area contributed by atoms with Crippen LogP contribution in [0.4, 0.5) is 0 Å². The first kappa shape index (κ1) is 20.3. The Morgan fingerprint density at radius 1 is 1.24 bits per heavy atom. The fourth-order valence-corrected chi connectivity index (χ4v) is 4.58. The molecule has 2 fully saturated rings.